The number of hydrogen-bond acceptors (Lipinski definition) is 3. The van der Waals surface area contributed by atoms with Crippen LogP contribution in [0.25, 0.3) is 71.4 Å². The molecule has 4 heterocycles. The number of hydrogen-bond donors (Lipinski definition) is 0. The van der Waals surface area contributed by atoms with Gasteiger partial charge >= 0.3 is 0 Å². The van der Waals surface area contributed by atoms with Gasteiger partial charge in [-0.1, -0.05) is 66.7 Å². The Morgan fingerprint density at radius 3 is 2.03 bits per heavy atom. The summed E-state index contributed by atoms with van der Waals surface area (Å²) in [6.45, 7) is 0. The van der Waals surface area contributed by atoms with Crippen molar-refractivity contribution in [3.05, 3.63) is 134 Å². The molecule has 182 valence electrons. The molecule has 0 saturated heterocycles. The molecule has 8 rings (SSSR count). The highest BCUT2D eigenvalue weighted by molar-refractivity contribution is 6.22. The summed E-state index contributed by atoms with van der Waals surface area (Å²) in [5, 5.41) is 7.02. The predicted octanol–water partition coefficient (Wildman–Crippen LogP) is 8.61. The molecule has 4 heteroatoms. The Kier molecular flexibility index (Phi) is 4.79. The maximum absolute atomic E-state index is 4.96. The second-order valence-electron chi connectivity index (χ2n) is 9.77. The standard InChI is InChI=1S/C35H22N4/c1-2-10-27-23(7-1)15-18-38-35(27)39-33-14-13-24(25-8-5-16-36-21-25)19-31(33)32-20-30(26-9-6-17-37-22-26)28-11-3-4-12-29(28)34(32)39/h1-22H. The van der Waals surface area contributed by atoms with Gasteiger partial charge in [0, 0.05) is 63.7 Å². The van der Waals surface area contributed by atoms with Gasteiger partial charge in [-0.3, -0.25) is 14.5 Å². The average Bonchev–Trinajstić information content (AvgIpc) is 3.35. The van der Waals surface area contributed by atoms with Gasteiger partial charge in [-0.2, -0.15) is 0 Å². The minimum Gasteiger partial charge on any atom is -0.293 e. The van der Waals surface area contributed by atoms with E-state index in [-0.39, 0.29) is 0 Å². The molecule has 0 aliphatic carbocycles. The number of benzene rings is 4. The van der Waals surface area contributed by atoms with Crippen LogP contribution in [0.15, 0.2) is 134 Å². The van der Waals surface area contributed by atoms with E-state index in [0.717, 1.165) is 38.9 Å². The molecule has 4 aromatic heterocycles. The van der Waals surface area contributed by atoms with Gasteiger partial charge in [0.2, 0.25) is 0 Å². The highest BCUT2D eigenvalue weighted by Crippen LogP contribution is 2.42. The van der Waals surface area contributed by atoms with E-state index in [1.165, 1.54) is 32.5 Å². The lowest BCUT2D eigenvalue weighted by molar-refractivity contribution is 1.10. The van der Waals surface area contributed by atoms with Crippen LogP contribution in [0.5, 0.6) is 0 Å². The number of aromatic nitrogens is 4. The summed E-state index contributed by atoms with van der Waals surface area (Å²) < 4.78 is 2.34. The van der Waals surface area contributed by atoms with E-state index in [9.17, 15) is 0 Å². The second-order valence-corrected chi connectivity index (χ2v) is 9.77. The van der Waals surface area contributed by atoms with Gasteiger partial charge < -0.3 is 0 Å². The van der Waals surface area contributed by atoms with Crippen LogP contribution in [-0.4, -0.2) is 19.5 Å². The largest absolute Gasteiger partial charge is 0.293 e. The van der Waals surface area contributed by atoms with Crippen LogP contribution < -0.4 is 0 Å². The van der Waals surface area contributed by atoms with Crippen molar-refractivity contribution < 1.29 is 0 Å². The molecule has 0 saturated carbocycles. The molecule has 0 aliphatic heterocycles. The molecule has 8 aromatic rings. The lowest BCUT2D eigenvalue weighted by Gasteiger charge is -2.13. The first kappa shape index (κ1) is 21.7. The maximum Gasteiger partial charge on any atom is 0.145 e. The van der Waals surface area contributed by atoms with Crippen molar-refractivity contribution in [1.82, 2.24) is 19.5 Å². The Labute approximate surface area is 224 Å². The van der Waals surface area contributed by atoms with Gasteiger partial charge in [-0.05, 0) is 58.3 Å². The zero-order valence-corrected chi connectivity index (χ0v) is 21.0. The molecular formula is C35H22N4. The highest BCUT2D eigenvalue weighted by atomic mass is 15.1. The Bertz CT molecular complexity index is 2160. The van der Waals surface area contributed by atoms with Gasteiger partial charge in [0.1, 0.15) is 5.82 Å². The van der Waals surface area contributed by atoms with Gasteiger partial charge in [0.05, 0.1) is 11.0 Å². The van der Waals surface area contributed by atoms with E-state index in [1.807, 2.05) is 43.1 Å². The molecule has 0 unspecified atom stereocenters. The van der Waals surface area contributed by atoms with E-state index >= 15 is 0 Å². The van der Waals surface area contributed by atoms with E-state index in [1.54, 1.807) is 0 Å². The third-order valence-electron chi connectivity index (χ3n) is 7.60. The van der Waals surface area contributed by atoms with Crippen molar-refractivity contribution >= 4 is 43.4 Å². The number of rotatable bonds is 3. The smallest absolute Gasteiger partial charge is 0.145 e. The zero-order chi connectivity index (χ0) is 25.8. The van der Waals surface area contributed by atoms with Crippen molar-refractivity contribution in [2.24, 2.45) is 0 Å². The Hall–Kier alpha value is -5.35. The molecule has 0 N–H and O–H groups in total. The zero-order valence-electron chi connectivity index (χ0n) is 21.0. The van der Waals surface area contributed by atoms with Crippen LogP contribution in [-0.2, 0) is 0 Å². The quantitative estimate of drug-likeness (QED) is 0.245. The first-order chi connectivity index (χ1) is 19.4. The predicted molar refractivity (Wildman–Crippen MR) is 160 cm³/mol. The third kappa shape index (κ3) is 3.35. The molecule has 39 heavy (non-hydrogen) atoms. The summed E-state index contributed by atoms with van der Waals surface area (Å²) in [5.41, 5.74) is 6.77. The number of pyridine rings is 3. The fourth-order valence-corrected chi connectivity index (χ4v) is 5.85. The minimum absolute atomic E-state index is 0.932. The van der Waals surface area contributed by atoms with Crippen LogP contribution in [0.3, 0.4) is 0 Å². The van der Waals surface area contributed by atoms with Crippen LogP contribution >= 0.6 is 0 Å². The molecule has 0 amide bonds. The Morgan fingerprint density at radius 1 is 0.487 bits per heavy atom. The fraction of sp³-hybridized carbons (Fsp3) is 0. The molecular weight excluding hydrogens is 476 g/mol. The van der Waals surface area contributed by atoms with Crippen LogP contribution in [0.4, 0.5) is 0 Å². The summed E-state index contributed by atoms with van der Waals surface area (Å²) in [6.07, 6.45) is 9.41. The normalized spacial score (nSPS) is 11.6. The van der Waals surface area contributed by atoms with Crippen LogP contribution in [0.2, 0.25) is 0 Å². The molecule has 4 aromatic carbocycles. The van der Waals surface area contributed by atoms with Crippen molar-refractivity contribution in [2.75, 3.05) is 0 Å². The summed E-state index contributed by atoms with van der Waals surface area (Å²) in [5.74, 6) is 0.932. The van der Waals surface area contributed by atoms with Crippen LogP contribution in [0, 0.1) is 0 Å². The fourth-order valence-electron chi connectivity index (χ4n) is 5.85. The van der Waals surface area contributed by atoms with Gasteiger partial charge in [-0.15, -0.1) is 0 Å². The molecule has 0 fully saturated rings. The Morgan fingerprint density at radius 2 is 1.23 bits per heavy atom. The van der Waals surface area contributed by atoms with Crippen LogP contribution in [0.1, 0.15) is 0 Å². The van der Waals surface area contributed by atoms with Gasteiger partial charge in [0.25, 0.3) is 0 Å². The monoisotopic (exact) mass is 498 g/mol. The number of fused-ring (bicyclic) bond motifs is 6. The highest BCUT2D eigenvalue weighted by Gasteiger charge is 2.20. The molecule has 0 bridgehead atoms. The van der Waals surface area contributed by atoms with Gasteiger partial charge in [0.15, 0.2) is 0 Å². The number of nitrogens with zero attached hydrogens (tertiary/aromatic N) is 4. The van der Waals surface area contributed by atoms with E-state index < -0.39 is 0 Å². The molecule has 0 spiro atoms. The SMILES string of the molecule is c1cncc(-c2ccc3c(c2)c2cc(-c4cccnc4)c4ccccc4c2n3-c2nccc3ccccc23)c1. The topological polar surface area (TPSA) is 43.6 Å². The van der Waals surface area contributed by atoms with Crippen molar-refractivity contribution in [1.29, 1.82) is 0 Å². The summed E-state index contributed by atoms with van der Waals surface area (Å²) in [4.78, 5) is 13.8. The minimum atomic E-state index is 0.932. The maximum atomic E-state index is 4.96. The summed E-state index contributed by atoms with van der Waals surface area (Å²) in [7, 11) is 0. The molecule has 4 nitrogen and oxygen atoms in total. The Balaban J connectivity index is 1.58. The van der Waals surface area contributed by atoms with Gasteiger partial charge in [-0.25, -0.2) is 4.98 Å². The molecule has 0 atom stereocenters. The third-order valence-corrected chi connectivity index (χ3v) is 7.60. The molecule has 0 aliphatic rings. The first-order valence-electron chi connectivity index (χ1n) is 13.0. The summed E-state index contributed by atoms with van der Waals surface area (Å²) >= 11 is 0. The van der Waals surface area contributed by atoms with E-state index in [0.29, 0.717) is 0 Å². The second kappa shape index (κ2) is 8.61. The summed E-state index contributed by atoms with van der Waals surface area (Å²) in [6, 6.07) is 36.4. The first-order valence-corrected chi connectivity index (χ1v) is 13.0. The van der Waals surface area contributed by atoms with E-state index in [4.69, 9.17) is 4.98 Å². The average molecular weight is 499 g/mol. The lowest BCUT2D eigenvalue weighted by atomic mass is 9.95. The van der Waals surface area contributed by atoms with Crippen molar-refractivity contribution in [2.45, 2.75) is 0 Å². The van der Waals surface area contributed by atoms with Crippen molar-refractivity contribution in [3.8, 4) is 28.1 Å². The van der Waals surface area contributed by atoms with Crippen molar-refractivity contribution in [3.63, 3.8) is 0 Å². The lowest BCUT2D eigenvalue weighted by Crippen LogP contribution is -1.99. The molecule has 0 radical (unpaired) electrons. The van der Waals surface area contributed by atoms with E-state index in [2.05, 4.69) is 106 Å².